The highest BCUT2D eigenvalue weighted by molar-refractivity contribution is 7.92. The Morgan fingerprint density at radius 3 is 2.43 bits per heavy atom. The number of aryl methyl sites for hydroxylation is 1. The molecule has 0 aromatic heterocycles. The highest BCUT2D eigenvalue weighted by atomic mass is 32.2. The van der Waals surface area contributed by atoms with E-state index in [1.165, 1.54) is 0 Å². The van der Waals surface area contributed by atoms with Crippen molar-refractivity contribution >= 4 is 27.3 Å². The smallest absolute Gasteiger partial charge is 0.260 e. The molecule has 1 N–H and O–H groups in total. The molecule has 28 heavy (non-hydrogen) atoms. The lowest BCUT2D eigenvalue weighted by Crippen LogP contribution is -2.39. The third-order valence-corrected chi connectivity index (χ3v) is 5.05. The summed E-state index contributed by atoms with van der Waals surface area (Å²) >= 11 is 0. The first-order valence-corrected chi connectivity index (χ1v) is 10.7. The number of anilines is 1. The van der Waals surface area contributed by atoms with Gasteiger partial charge in [0.05, 0.1) is 24.3 Å². The molecule has 2 aromatic rings. The molecule has 8 heteroatoms. The highest BCUT2D eigenvalue weighted by Gasteiger charge is 2.20. The summed E-state index contributed by atoms with van der Waals surface area (Å²) in [6.07, 6.45) is 1.07. The van der Waals surface area contributed by atoms with Crippen LogP contribution in [-0.2, 0) is 14.8 Å². The summed E-state index contributed by atoms with van der Waals surface area (Å²) in [5.74, 6) is 0.224. The van der Waals surface area contributed by atoms with Gasteiger partial charge in [-0.3, -0.25) is 9.10 Å². The molecule has 0 saturated carbocycles. The standard InChI is InChI=1S/C20H25N3O4S/c1-5-27-19-11-9-17(10-12-19)16(3)21-22-20(24)14-23(28(4,25)26)18-8-6-7-15(2)13-18/h6-13H,5,14H2,1-4H3,(H,22,24)/b21-16-. The fraction of sp³-hybridized carbons (Fsp3) is 0.300. The van der Waals surface area contributed by atoms with Gasteiger partial charge in [0.2, 0.25) is 10.0 Å². The molecular weight excluding hydrogens is 378 g/mol. The Hall–Kier alpha value is -2.87. The largest absolute Gasteiger partial charge is 0.494 e. The molecule has 0 unspecified atom stereocenters. The Labute approximate surface area is 166 Å². The van der Waals surface area contributed by atoms with Gasteiger partial charge in [0, 0.05) is 0 Å². The van der Waals surface area contributed by atoms with E-state index in [0.29, 0.717) is 18.0 Å². The number of nitrogens with one attached hydrogen (secondary N) is 1. The zero-order valence-electron chi connectivity index (χ0n) is 16.5. The first-order valence-electron chi connectivity index (χ1n) is 8.81. The van der Waals surface area contributed by atoms with E-state index in [9.17, 15) is 13.2 Å². The second kappa shape index (κ2) is 9.36. The van der Waals surface area contributed by atoms with Gasteiger partial charge >= 0.3 is 0 Å². The molecule has 1 amide bonds. The maximum absolute atomic E-state index is 12.3. The van der Waals surface area contributed by atoms with E-state index < -0.39 is 15.9 Å². The Kier molecular flexibility index (Phi) is 7.17. The van der Waals surface area contributed by atoms with E-state index in [0.717, 1.165) is 27.4 Å². The number of hydrogen-bond acceptors (Lipinski definition) is 5. The van der Waals surface area contributed by atoms with Crippen LogP contribution in [0.2, 0.25) is 0 Å². The maximum Gasteiger partial charge on any atom is 0.260 e. The zero-order valence-corrected chi connectivity index (χ0v) is 17.3. The van der Waals surface area contributed by atoms with Crippen LogP contribution >= 0.6 is 0 Å². The number of hydrazone groups is 1. The van der Waals surface area contributed by atoms with E-state index in [4.69, 9.17) is 4.74 Å². The molecule has 0 aliphatic rings. The number of rotatable bonds is 8. The molecule has 0 aliphatic heterocycles. The van der Waals surface area contributed by atoms with Gasteiger partial charge in [0.1, 0.15) is 12.3 Å². The number of nitrogens with zero attached hydrogens (tertiary/aromatic N) is 2. The van der Waals surface area contributed by atoms with Gasteiger partial charge in [-0.15, -0.1) is 0 Å². The topological polar surface area (TPSA) is 88.1 Å². The molecule has 0 bridgehead atoms. The summed E-state index contributed by atoms with van der Waals surface area (Å²) in [5.41, 5.74) is 5.17. The molecule has 0 aliphatic carbocycles. The molecule has 0 heterocycles. The van der Waals surface area contributed by atoms with Gasteiger partial charge in [-0.1, -0.05) is 12.1 Å². The van der Waals surface area contributed by atoms with Crippen LogP contribution in [0.25, 0.3) is 0 Å². The second-order valence-corrected chi connectivity index (χ2v) is 8.21. The van der Waals surface area contributed by atoms with Crippen molar-refractivity contribution < 1.29 is 17.9 Å². The number of carbonyl (C=O) groups excluding carboxylic acids is 1. The van der Waals surface area contributed by atoms with Gasteiger partial charge in [0.15, 0.2) is 0 Å². The average molecular weight is 404 g/mol. The Bertz CT molecular complexity index is 954. The van der Waals surface area contributed by atoms with Crippen molar-refractivity contribution in [3.63, 3.8) is 0 Å². The minimum atomic E-state index is -3.62. The fourth-order valence-corrected chi connectivity index (χ4v) is 3.37. The van der Waals surface area contributed by atoms with Gasteiger partial charge in [-0.05, 0) is 68.3 Å². The summed E-state index contributed by atoms with van der Waals surface area (Å²) in [5, 5.41) is 4.07. The summed E-state index contributed by atoms with van der Waals surface area (Å²) in [6, 6.07) is 14.3. The van der Waals surface area contributed by atoms with Crippen LogP contribution in [0, 0.1) is 6.92 Å². The van der Waals surface area contributed by atoms with Gasteiger partial charge < -0.3 is 4.74 Å². The highest BCUT2D eigenvalue weighted by Crippen LogP contribution is 2.18. The first kappa shape index (κ1) is 21.4. The van der Waals surface area contributed by atoms with Crippen LogP contribution in [0.1, 0.15) is 25.0 Å². The quantitative estimate of drug-likeness (QED) is 0.542. The Morgan fingerprint density at radius 2 is 1.86 bits per heavy atom. The van der Waals surface area contributed by atoms with Crippen LogP contribution in [0.4, 0.5) is 5.69 Å². The number of hydrogen-bond donors (Lipinski definition) is 1. The van der Waals surface area contributed by atoms with Gasteiger partial charge in [-0.25, -0.2) is 13.8 Å². The first-order chi connectivity index (χ1) is 13.2. The summed E-state index contributed by atoms with van der Waals surface area (Å²) < 4.78 is 30.7. The lowest BCUT2D eigenvalue weighted by atomic mass is 10.1. The third kappa shape index (κ3) is 6.09. The van der Waals surface area contributed by atoms with E-state index in [1.54, 1.807) is 25.1 Å². The van der Waals surface area contributed by atoms with Crippen LogP contribution in [-0.4, -0.2) is 39.4 Å². The minimum Gasteiger partial charge on any atom is -0.494 e. The zero-order chi connectivity index (χ0) is 20.7. The van der Waals surface area contributed by atoms with Crippen molar-refractivity contribution in [1.82, 2.24) is 5.43 Å². The molecule has 0 radical (unpaired) electrons. The van der Waals surface area contributed by atoms with Crippen molar-refractivity contribution in [1.29, 1.82) is 0 Å². The maximum atomic E-state index is 12.3. The van der Waals surface area contributed by atoms with E-state index in [1.807, 2.05) is 44.2 Å². The van der Waals surface area contributed by atoms with Crippen molar-refractivity contribution in [3.05, 3.63) is 59.7 Å². The normalized spacial score (nSPS) is 11.8. The van der Waals surface area contributed by atoms with Crippen molar-refractivity contribution in [3.8, 4) is 5.75 Å². The molecule has 2 rings (SSSR count). The Balaban J connectivity index is 2.09. The predicted molar refractivity (Wildman–Crippen MR) is 111 cm³/mol. The lowest BCUT2D eigenvalue weighted by Gasteiger charge is -2.21. The molecule has 2 aromatic carbocycles. The van der Waals surface area contributed by atoms with E-state index in [2.05, 4.69) is 10.5 Å². The van der Waals surface area contributed by atoms with Crippen molar-refractivity contribution in [2.75, 3.05) is 23.7 Å². The van der Waals surface area contributed by atoms with E-state index in [-0.39, 0.29) is 6.54 Å². The van der Waals surface area contributed by atoms with Crippen LogP contribution in [0.3, 0.4) is 0 Å². The number of carbonyl (C=O) groups is 1. The van der Waals surface area contributed by atoms with Crippen LogP contribution in [0.5, 0.6) is 5.75 Å². The molecule has 150 valence electrons. The second-order valence-electron chi connectivity index (χ2n) is 6.30. The molecule has 0 saturated heterocycles. The third-order valence-electron chi connectivity index (χ3n) is 3.91. The molecule has 0 atom stereocenters. The number of amides is 1. The van der Waals surface area contributed by atoms with Crippen molar-refractivity contribution in [2.45, 2.75) is 20.8 Å². The SMILES string of the molecule is CCOc1ccc(/C(C)=N\NC(=O)CN(c2cccc(C)c2)S(C)(=O)=O)cc1. The molecule has 0 fully saturated rings. The monoisotopic (exact) mass is 403 g/mol. The van der Waals surface area contributed by atoms with Crippen LogP contribution in [0.15, 0.2) is 53.6 Å². The fourth-order valence-electron chi connectivity index (χ4n) is 2.52. The van der Waals surface area contributed by atoms with Gasteiger partial charge in [-0.2, -0.15) is 5.10 Å². The average Bonchev–Trinajstić information content (AvgIpc) is 2.64. The number of sulfonamides is 1. The number of ether oxygens (including phenoxy) is 1. The molecule has 7 nitrogen and oxygen atoms in total. The molecule has 0 spiro atoms. The molecular formula is C20H25N3O4S. The summed E-state index contributed by atoms with van der Waals surface area (Å²) in [4.78, 5) is 12.3. The lowest BCUT2D eigenvalue weighted by molar-refractivity contribution is -0.119. The number of benzene rings is 2. The predicted octanol–water partition coefficient (Wildman–Crippen LogP) is 2.70. The minimum absolute atomic E-state index is 0.359. The van der Waals surface area contributed by atoms with Gasteiger partial charge in [0.25, 0.3) is 5.91 Å². The Morgan fingerprint density at radius 1 is 1.18 bits per heavy atom. The van der Waals surface area contributed by atoms with Crippen LogP contribution < -0.4 is 14.5 Å². The summed E-state index contributed by atoms with van der Waals surface area (Å²) in [6.45, 7) is 5.74. The van der Waals surface area contributed by atoms with Crippen molar-refractivity contribution in [2.24, 2.45) is 5.10 Å². The van der Waals surface area contributed by atoms with E-state index >= 15 is 0 Å². The summed E-state index contributed by atoms with van der Waals surface area (Å²) in [7, 11) is -3.62.